The van der Waals surface area contributed by atoms with Crippen molar-refractivity contribution in [3.05, 3.63) is 106 Å². The molecule has 6 nitrogen and oxygen atoms in total. The summed E-state index contributed by atoms with van der Waals surface area (Å²) < 4.78 is 2.04. The first-order valence-corrected chi connectivity index (χ1v) is 17.1. The van der Waals surface area contributed by atoms with Gasteiger partial charge in [-0.05, 0) is 74.3 Å². The standard InChI is InChI=1S/C40H44N6/c1-5-8-10-12-14-16-29-33-20-18-31(42-33)28(7-3)32-19-21-34(43-32)30(17-15-13-11-9-6-2)36-23-25-38(45-36)39(37-24-22-35(29)44-37)40-41-26-27-46(40)4/h3,18-27H,5-6,8-17H2,1-2,4H3. The normalized spacial score (nSPS) is 18.3. The van der Waals surface area contributed by atoms with Gasteiger partial charge in [-0.15, -0.1) is 6.42 Å². The summed E-state index contributed by atoms with van der Waals surface area (Å²) in [5.74, 6) is 3.76. The fourth-order valence-electron chi connectivity index (χ4n) is 6.51. The van der Waals surface area contributed by atoms with Crippen molar-refractivity contribution < 1.29 is 0 Å². The molecule has 6 heterocycles. The molecule has 0 N–H and O–H groups in total. The maximum atomic E-state index is 6.14. The number of hydrogen-bond donors (Lipinski definition) is 0. The molecule has 0 spiro atoms. The molecule has 0 saturated heterocycles. The first-order valence-electron chi connectivity index (χ1n) is 17.1. The molecule has 0 fully saturated rings. The highest BCUT2D eigenvalue weighted by Crippen LogP contribution is 2.34. The van der Waals surface area contributed by atoms with Crippen LogP contribution < -0.4 is 0 Å². The molecule has 0 unspecified atom stereocenters. The van der Waals surface area contributed by atoms with Gasteiger partial charge in [-0.3, -0.25) is 0 Å². The molecule has 1 aromatic rings. The van der Waals surface area contributed by atoms with Gasteiger partial charge < -0.3 is 4.57 Å². The Balaban J connectivity index is 1.51. The van der Waals surface area contributed by atoms with Crippen molar-refractivity contribution in [2.45, 2.75) is 90.9 Å². The third-order valence-corrected chi connectivity index (χ3v) is 9.07. The third kappa shape index (κ3) is 6.65. The van der Waals surface area contributed by atoms with Crippen molar-refractivity contribution in [2.24, 2.45) is 27.0 Å². The molecule has 5 aliphatic heterocycles. The zero-order valence-electron chi connectivity index (χ0n) is 27.5. The number of aryl methyl sites for hydroxylation is 1. The number of imidazole rings is 1. The maximum Gasteiger partial charge on any atom is 0.144 e. The molecule has 0 aliphatic carbocycles. The lowest BCUT2D eigenvalue weighted by atomic mass is 10.00. The van der Waals surface area contributed by atoms with Gasteiger partial charge in [0.05, 0.1) is 56.8 Å². The molecule has 0 aromatic carbocycles. The highest BCUT2D eigenvalue weighted by atomic mass is 15.0. The summed E-state index contributed by atoms with van der Waals surface area (Å²) in [6, 6.07) is 0. The molecule has 1 aromatic heterocycles. The number of aliphatic imine (C=N–C) groups is 4. The average Bonchev–Trinajstić information content (AvgIpc) is 3.90. The summed E-state index contributed by atoms with van der Waals surface area (Å²) in [7, 11) is 2.02. The SMILES string of the molecule is C#CC1=C2C=CC(=N2)C(CCCCCCC)=C2C=CC(=N2)C(c2nccn2C)=C2C=CC(=N2)C(CCCCCCC)=C2C=CC1=N2. The van der Waals surface area contributed by atoms with Crippen LogP contribution in [0.15, 0.2) is 120 Å². The van der Waals surface area contributed by atoms with Gasteiger partial charge in [0.25, 0.3) is 0 Å². The second-order valence-electron chi connectivity index (χ2n) is 12.4. The van der Waals surface area contributed by atoms with E-state index >= 15 is 0 Å². The van der Waals surface area contributed by atoms with Gasteiger partial charge in [0.1, 0.15) is 5.82 Å². The van der Waals surface area contributed by atoms with Gasteiger partial charge in [0, 0.05) is 30.6 Å². The van der Waals surface area contributed by atoms with E-state index in [1.54, 1.807) is 0 Å². The molecular weight excluding hydrogens is 564 g/mol. The van der Waals surface area contributed by atoms with E-state index in [0.29, 0.717) is 5.57 Å². The summed E-state index contributed by atoms with van der Waals surface area (Å²) in [6.07, 6.45) is 40.4. The van der Waals surface area contributed by atoms with Gasteiger partial charge in [-0.25, -0.2) is 25.0 Å². The molecule has 0 saturated carbocycles. The van der Waals surface area contributed by atoms with E-state index < -0.39 is 0 Å². The highest BCUT2D eigenvalue weighted by Gasteiger charge is 2.26. The predicted octanol–water partition coefficient (Wildman–Crippen LogP) is 9.30. The first kappa shape index (κ1) is 31.4. The van der Waals surface area contributed by atoms with E-state index in [2.05, 4.69) is 56.2 Å². The minimum atomic E-state index is 0.715. The fraction of sp³-hybridized carbons (Fsp3) is 0.375. The Kier molecular flexibility index (Phi) is 9.98. The van der Waals surface area contributed by atoms with Gasteiger partial charge in [-0.2, -0.15) is 0 Å². The Hall–Kier alpha value is -4.63. The summed E-state index contributed by atoms with van der Waals surface area (Å²) in [5.41, 5.74) is 10.9. The van der Waals surface area contributed by atoms with Crippen molar-refractivity contribution in [3.63, 3.8) is 0 Å². The molecule has 46 heavy (non-hydrogen) atoms. The molecule has 234 valence electrons. The molecule has 0 radical (unpaired) electrons. The largest absolute Gasteiger partial charge is 0.334 e. The molecule has 6 heteroatoms. The van der Waals surface area contributed by atoms with E-state index in [9.17, 15) is 0 Å². The summed E-state index contributed by atoms with van der Waals surface area (Å²) in [4.78, 5) is 25.5. The van der Waals surface area contributed by atoms with Crippen LogP contribution in [0.3, 0.4) is 0 Å². The van der Waals surface area contributed by atoms with Crippen LogP contribution in [0.5, 0.6) is 0 Å². The topological polar surface area (TPSA) is 67.3 Å². The third-order valence-electron chi connectivity index (χ3n) is 9.07. The lowest BCUT2D eigenvalue weighted by Gasteiger charge is -2.11. The quantitative estimate of drug-likeness (QED) is 0.163. The van der Waals surface area contributed by atoms with E-state index in [-0.39, 0.29) is 0 Å². The van der Waals surface area contributed by atoms with E-state index in [1.165, 1.54) is 51.4 Å². The van der Waals surface area contributed by atoms with Crippen LogP contribution in [0.2, 0.25) is 0 Å². The molecule has 8 bridgehead atoms. The first-order chi connectivity index (χ1) is 22.6. The fourth-order valence-corrected chi connectivity index (χ4v) is 6.51. The molecule has 0 amide bonds. The number of terminal acetylenes is 1. The number of fused-ring (bicyclic) bond motifs is 4. The maximum absolute atomic E-state index is 6.14. The van der Waals surface area contributed by atoms with Crippen molar-refractivity contribution in [2.75, 3.05) is 0 Å². The number of aromatic nitrogens is 2. The second kappa shape index (κ2) is 14.6. The van der Waals surface area contributed by atoms with Crippen molar-refractivity contribution >= 4 is 28.4 Å². The van der Waals surface area contributed by atoms with Gasteiger partial charge in [0.15, 0.2) is 0 Å². The number of rotatable bonds is 13. The zero-order chi connectivity index (χ0) is 31.9. The number of allylic oxidation sites excluding steroid dienone is 12. The van der Waals surface area contributed by atoms with E-state index in [1.807, 2.05) is 36.2 Å². The van der Waals surface area contributed by atoms with Crippen LogP contribution >= 0.6 is 0 Å². The Morgan fingerprint density at radius 3 is 1.67 bits per heavy atom. The Labute approximate surface area is 274 Å². The van der Waals surface area contributed by atoms with Crippen LogP contribution in [0.25, 0.3) is 5.57 Å². The van der Waals surface area contributed by atoms with Crippen molar-refractivity contribution in [1.29, 1.82) is 0 Å². The minimum Gasteiger partial charge on any atom is -0.334 e. The smallest absolute Gasteiger partial charge is 0.144 e. The molecule has 0 atom stereocenters. The molecule has 6 rings (SSSR count). The number of unbranched alkanes of at least 4 members (excludes halogenated alkanes) is 8. The van der Waals surface area contributed by atoms with E-state index in [4.69, 9.17) is 31.4 Å². The van der Waals surface area contributed by atoms with E-state index in [0.717, 1.165) is 93.9 Å². The molecule has 5 aliphatic rings. The van der Waals surface area contributed by atoms with Gasteiger partial charge >= 0.3 is 0 Å². The van der Waals surface area contributed by atoms with Crippen LogP contribution in [0.1, 0.15) is 96.7 Å². The monoisotopic (exact) mass is 608 g/mol. The van der Waals surface area contributed by atoms with Crippen LogP contribution in [0, 0.1) is 12.3 Å². The zero-order valence-corrected chi connectivity index (χ0v) is 27.5. The second-order valence-corrected chi connectivity index (χ2v) is 12.4. The Morgan fingerprint density at radius 1 is 0.587 bits per heavy atom. The summed E-state index contributed by atoms with van der Waals surface area (Å²) >= 11 is 0. The van der Waals surface area contributed by atoms with Crippen molar-refractivity contribution in [1.82, 2.24) is 9.55 Å². The lowest BCUT2D eigenvalue weighted by molar-refractivity contribution is 0.634. The summed E-state index contributed by atoms with van der Waals surface area (Å²) in [6.45, 7) is 4.50. The lowest BCUT2D eigenvalue weighted by Crippen LogP contribution is -2.07. The summed E-state index contributed by atoms with van der Waals surface area (Å²) in [5, 5.41) is 0. The van der Waals surface area contributed by atoms with Gasteiger partial charge in [0.2, 0.25) is 0 Å². The van der Waals surface area contributed by atoms with Crippen molar-refractivity contribution in [3.8, 4) is 12.3 Å². The highest BCUT2D eigenvalue weighted by molar-refractivity contribution is 6.32. The van der Waals surface area contributed by atoms with Crippen LogP contribution in [-0.2, 0) is 7.05 Å². The minimum absolute atomic E-state index is 0.715. The number of nitrogens with zero attached hydrogens (tertiary/aromatic N) is 6. The van der Waals surface area contributed by atoms with Crippen LogP contribution in [-0.4, -0.2) is 32.4 Å². The predicted molar refractivity (Wildman–Crippen MR) is 193 cm³/mol. The average molecular weight is 609 g/mol. The Bertz CT molecular complexity index is 1800. The number of hydrogen-bond acceptors (Lipinski definition) is 5. The van der Waals surface area contributed by atoms with Crippen LogP contribution in [0.4, 0.5) is 0 Å². The Morgan fingerprint density at radius 2 is 1.09 bits per heavy atom. The van der Waals surface area contributed by atoms with Gasteiger partial charge in [-0.1, -0.05) is 71.1 Å². The molecular formula is C40H44N6.